The Labute approximate surface area is 199 Å². The third-order valence-corrected chi connectivity index (χ3v) is 7.67. The summed E-state index contributed by atoms with van der Waals surface area (Å²) in [4.78, 5) is 16.1. The molecule has 0 amide bonds. The predicted octanol–water partition coefficient (Wildman–Crippen LogP) is 0.881. The first kappa shape index (κ1) is 25.8. The average Bonchev–Trinajstić information content (AvgIpc) is 3.28. The van der Waals surface area contributed by atoms with Crippen molar-refractivity contribution in [2.24, 2.45) is 0 Å². The summed E-state index contributed by atoms with van der Waals surface area (Å²) < 4.78 is 41.7. The number of fused-ring (bicyclic) bond motifs is 1. The predicted molar refractivity (Wildman–Crippen MR) is 113 cm³/mol. The normalized spacial score (nSPS) is 11.1. The number of carbonyl (C=O) groups is 1. The van der Waals surface area contributed by atoms with E-state index in [1.54, 1.807) is 35.8 Å². The van der Waals surface area contributed by atoms with Crippen LogP contribution >= 0.6 is 11.3 Å². The molecule has 2 N–H and O–H groups in total. The molecule has 0 unspecified atom stereocenters. The van der Waals surface area contributed by atoms with Crippen molar-refractivity contribution in [1.29, 1.82) is 0 Å². The zero-order chi connectivity index (χ0) is 21.5. The van der Waals surface area contributed by atoms with Crippen molar-refractivity contribution in [3.05, 3.63) is 76.0 Å². The number of sulfone groups is 1. The molecule has 0 aliphatic rings. The number of hydrogen-bond acceptors (Lipinski definition) is 6. The van der Waals surface area contributed by atoms with Crippen molar-refractivity contribution in [3.63, 3.8) is 0 Å². The van der Waals surface area contributed by atoms with Crippen LogP contribution in [-0.2, 0) is 27.6 Å². The zero-order valence-electron chi connectivity index (χ0n) is 17.3. The second kappa shape index (κ2) is 9.98. The summed E-state index contributed by atoms with van der Waals surface area (Å²) in [6.07, 6.45) is 0.199. The van der Waals surface area contributed by atoms with E-state index in [0.717, 1.165) is 0 Å². The number of nitrogens with zero attached hydrogens (tertiary/aromatic N) is 2. The molecule has 2 aromatic carbocycles. The van der Waals surface area contributed by atoms with Gasteiger partial charge in [0.2, 0.25) is 9.84 Å². The van der Waals surface area contributed by atoms with Crippen molar-refractivity contribution < 1.29 is 47.0 Å². The number of benzene rings is 2. The quantitative estimate of drug-likeness (QED) is 0.420. The molecule has 4 rings (SSSR count). The van der Waals surface area contributed by atoms with Crippen LogP contribution in [0.3, 0.4) is 0 Å². The van der Waals surface area contributed by atoms with E-state index in [1.165, 1.54) is 41.1 Å². The van der Waals surface area contributed by atoms with Gasteiger partial charge in [-0.05, 0) is 42.8 Å². The van der Waals surface area contributed by atoms with Gasteiger partial charge in [-0.1, -0.05) is 18.2 Å². The number of rotatable bonds is 6. The molecule has 32 heavy (non-hydrogen) atoms. The minimum absolute atomic E-state index is 0. The molecule has 2 heterocycles. The fourth-order valence-electron chi connectivity index (χ4n) is 3.55. The Morgan fingerprint density at radius 1 is 1.19 bits per heavy atom. The van der Waals surface area contributed by atoms with Gasteiger partial charge in [-0.15, -0.1) is 11.3 Å². The Morgan fingerprint density at radius 3 is 2.53 bits per heavy atom. The molecule has 0 fully saturated rings. The van der Waals surface area contributed by atoms with E-state index in [-0.39, 0.29) is 47.2 Å². The number of aromatic nitrogens is 2. The molecular formula is C21H18FLiN2O5S2. The van der Waals surface area contributed by atoms with E-state index in [0.29, 0.717) is 27.0 Å². The summed E-state index contributed by atoms with van der Waals surface area (Å²) >= 11 is 1.20. The summed E-state index contributed by atoms with van der Waals surface area (Å²) in [7, 11) is -3.81. The maximum atomic E-state index is 14.0. The number of halogens is 1. The standard InChI is InChI=1S/C21H17FN2O4S2.Li.H2O/c1-13-16(17-9-14(22)7-8-18(17)24(13)11-20(25)26)10-19-21(23-12-29-19)30(27,28)15-5-3-2-4-6-15;;/h2-9,12H,10-11H2,1H3,(H,25,26);;1H2/q;+1;/p-1. The Balaban J connectivity index is 0.00000181. The molecule has 0 saturated heterocycles. The van der Waals surface area contributed by atoms with Crippen LogP contribution in [-0.4, -0.2) is 34.5 Å². The zero-order valence-corrected chi connectivity index (χ0v) is 19.0. The van der Waals surface area contributed by atoms with Crippen LogP contribution in [0, 0.1) is 12.7 Å². The summed E-state index contributed by atoms with van der Waals surface area (Å²) in [5.41, 5.74) is 3.38. The largest absolute Gasteiger partial charge is 1.00 e. The minimum Gasteiger partial charge on any atom is -0.870 e. The molecule has 0 aliphatic carbocycles. The Hall–Kier alpha value is -2.48. The molecule has 4 aromatic rings. The van der Waals surface area contributed by atoms with E-state index in [4.69, 9.17) is 0 Å². The summed E-state index contributed by atoms with van der Waals surface area (Å²) in [6.45, 7) is 1.48. The van der Waals surface area contributed by atoms with Crippen molar-refractivity contribution in [2.75, 3.05) is 0 Å². The van der Waals surface area contributed by atoms with Crippen LogP contribution in [0.1, 0.15) is 16.1 Å². The van der Waals surface area contributed by atoms with Gasteiger partial charge in [-0.3, -0.25) is 4.79 Å². The Kier molecular flexibility index (Phi) is 8.04. The second-order valence-electron chi connectivity index (χ2n) is 6.78. The van der Waals surface area contributed by atoms with Crippen LogP contribution in [0.2, 0.25) is 0 Å². The van der Waals surface area contributed by atoms with Crippen molar-refractivity contribution in [1.82, 2.24) is 9.55 Å². The molecule has 7 nitrogen and oxygen atoms in total. The molecular weight excluding hydrogens is 450 g/mol. The first-order chi connectivity index (χ1) is 14.3. The number of carboxylic acids is 1. The molecule has 162 valence electrons. The van der Waals surface area contributed by atoms with E-state index in [1.807, 2.05) is 0 Å². The van der Waals surface area contributed by atoms with Gasteiger partial charge in [0.1, 0.15) is 12.4 Å². The maximum absolute atomic E-state index is 14.0. The third kappa shape index (κ3) is 4.65. The summed E-state index contributed by atoms with van der Waals surface area (Å²) in [6, 6.07) is 12.2. The number of carboxylic acid groups (broad SMARTS) is 1. The van der Waals surface area contributed by atoms with Gasteiger partial charge in [0.15, 0.2) is 5.03 Å². The van der Waals surface area contributed by atoms with Crippen LogP contribution < -0.4 is 18.9 Å². The van der Waals surface area contributed by atoms with Gasteiger partial charge in [0.25, 0.3) is 0 Å². The van der Waals surface area contributed by atoms with E-state index < -0.39 is 21.6 Å². The summed E-state index contributed by atoms with van der Waals surface area (Å²) in [5, 5.41) is 9.79. The van der Waals surface area contributed by atoms with Crippen LogP contribution in [0.15, 0.2) is 64.0 Å². The smallest absolute Gasteiger partial charge is 0.870 e. The molecule has 0 atom stereocenters. The third-order valence-electron chi connectivity index (χ3n) is 4.96. The molecule has 0 bridgehead atoms. The fourth-order valence-corrected chi connectivity index (χ4v) is 6.06. The second-order valence-corrected chi connectivity index (χ2v) is 9.58. The average molecular weight is 468 g/mol. The monoisotopic (exact) mass is 468 g/mol. The van der Waals surface area contributed by atoms with Crippen molar-refractivity contribution in [3.8, 4) is 0 Å². The van der Waals surface area contributed by atoms with Gasteiger partial charge in [-0.2, -0.15) is 0 Å². The number of thiazole rings is 1. The Morgan fingerprint density at radius 2 is 1.88 bits per heavy atom. The Bertz CT molecular complexity index is 1370. The van der Waals surface area contributed by atoms with Gasteiger partial charge < -0.3 is 15.1 Å². The van der Waals surface area contributed by atoms with Crippen LogP contribution in [0.4, 0.5) is 4.39 Å². The van der Waals surface area contributed by atoms with E-state index in [2.05, 4.69) is 4.98 Å². The van der Waals surface area contributed by atoms with Crippen molar-refractivity contribution in [2.45, 2.75) is 29.8 Å². The van der Waals surface area contributed by atoms with E-state index >= 15 is 0 Å². The molecule has 0 radical (unpaired) electrons. The molecule has 2 aromatic heterocycles. The number of aliphatic carboxylic acids is 1. The fraction of sp³-hybridized carbons (Fsp3) is 0.143. The molecule has 11 heteroatoms. The van der Waals surface area contributed by atoms with E-state index in [9.17, 15) is 22.7 Å². The van der Waals surface area contributed by atoms with Crippen LogP contribution in [0.5, 0.6) is 0 Å². The topological polar surface area (TPSA) is 119 Å². The molecule has 0 spiro atoms. The van der Waals surface area contributed by atoms with Crippen molar-refractivity contribution >= 4 is 38.0 Å². The van der Waals surface area contributed by atoms with Gasteiger partial charge in [0.05, 0.1) is 10.4 Å². The first-order valence-electron chi connectivity index (χ1n) is 9.00. The maximum Gasteiger partial charge on any atom is 1.00 e. The van der Waals surface area contributed by atoms with Crippen LogP contribution in [0.25, 0.3) is 10.9 Å². The molecule has 0 saturated carbocycles. The minimum atomic E-state index is -3.81. The molecule has 0 aliphatic heterocycles. The summed E-state index contributed by atoms with van der Waals surface area (Å²) in [5.74, 6) is -1.46. The van der Waals surface area contributed by atoms with Gasteiger partial charge >= 0.3 is 24.8 Å². The van der Waals surface area contributed by atoms with Gasteiger partial charge in [0, 0.05) is 27.9 Å². The number of hydrogen-bond donors (Lipinski definition) is 1. The first-order valence-corrected chi connectivity index (χ1v) is 11.4. The SMILES string of the molecule is Cc1c(Cc2scnc2S(=O)(=O)c2ccccc2)c2cc(F)ccc2n1CC(=O)O.[Li+].[OH-]. The van der Waals surface area contributed by atoms with Gasteiger partial charge in [-0.25, -0.2) is 17.8 Å².